The average Bonchev–Trinajstić information content (AvgIpc) is 3.16. The Labute approximate surface area is 152 Å². The van der Waals surface area contributed by atoms with Crippen molar-refractivity contribution in [3.63, 3.8) is 0 Å². The van der Waals surface area contributed by atoms with Crippen molar-refractivity contribution in [1.82, 2.24) is 0 Å². The summed E-state index contributed by atoms with van der Waals surface area (Å²) >= 11 is 0. The second-order valence-electron chi connectivity index (χ2n) is 5.47. The molecule has 0 aliphatic carbocycles. The highest BCUT2D eigenvalue weighted by atomic mass is 32.2. The van der Waals surface area contributed by atoms with E-state index in [1.54, 1.807) is 12.1 Å². The van der Waals surface area contributed by atoms with E-state index in [0.717, 1.165) is 12.1 Å². The average molecular weight is 395 g/mol. The minimum absolute atomic E-state index is 0.157. The minimum Gasteiger partial charge on any atom is -0.346 e. The molecule has 0 bridgehead atoms. The first kappa shape index (κ1) is 18.7. The number of nitrogens with zero attached hydrogens (tertiary/aromatic N) is 2. The van der Waals surface area contributed by atoms with E-state index in [4.69, 9.17) is 9.47 Å². The monoisotopic (exact) mass is 395 g/mol. The van der Waals surface area contributed by atoms with E-state index in [9.17, 15) is 28.6 Å². The van der Waals surface area contributed by atoms with Gasteiger partial charge in [0.2, 0.25) is 0 Å². The molecule has 0 atom stereocenters. The predicted molar refractivity (Wildman–Crippen MR) is 91.6 cm³/mol. The van der Waals surface area contributed by atoms with Crippen LogP contribution in [0.2, 0.25) is 0 Å². The van der Waals surface area contributed by atoms with Gasteiger partial charge in [0.15, 0.2) is 11.2 Å². The molecule has 0 unspecified atom stereocenters. The van der Waals surface area contributed by atoms with Crippen LogP contribution in [0.25, 0.3) is 0 Å². The molecule has 11 nitrogen and oxygen atoms in total. The summed E-state index contributed by atoms with van der Waals surface area (Å²) in [4.78, 5) is 19.4. The molecule has 12 heteroatoms. The van der Waals surface area contributed by atoms with Gasteiger partial charge in [0.1, 0.15) is 0 Å². The molecule has 0 aromatic heterocycles. The maximum atomic E-state index is 12.5. The number of nitrogens with one attached hydrogen (secondary N) is 1. The van der Waals surface area contributed by atoms with Gasteiger partial charge in [-0.1, -0.05) is 12.1 Å². The van der Waals surface area contributed by atoms with Crippen molar-refractivity contribution in [3.8, 4) is 0 Å². The summed E-state index contributed by atoms with van der Waals surface area (Å²) in [6, 6.07) is 8.42. The zero-order chi connectivity index (χ0) is 19.6. The van der Waals surface area contributed by atoms with Crippen molar-refractivity contribution >= 4 is 27.1 Å². The highest BCUT2D eigenvalue weighted by Crippen LogP contribution is 2.30. The molecule has 2 aromatic rings. The topological polar surface area (TPSA) is 151 Å². The van der Waals surface area contributed by atoms with Crippen LogP contribution in [0.1, 0.15) is 11.9 Å². The molecule has 27 heavy (non-hydrogen) atoms. The molecule has 1 heterocycles. The van der Waals surface area contributed by atoms with Crippen LogP contribution in [-0.4, -0.2) is 31.5 Å². The summed E-state index contributed by atoms with van der Waals surface area (Å²) in [6.45, 7) is 0.922. The highest BCUT2D eigenvalue weighted by molar-refractivity contribution is 7.92. The molecule has 1 aliphatic rings. The van der Waals surface area contributed by atoms with Crippen LogP contribution in [-0.2, 0) is 19.5 Å². The highest BCUT2D eigenvalue weighted by Gasteiger charge is 2.29. The number of sulfonamides is 1. The summed E-state index contributed by atoms with van der Waals surface area (Å²) in [5, 5.41) is 21.9. The lowest BCUT2D eigenvalue weighted by molar-refractivity contribution is -0.396. The summed E-state index contributed by atoms with van der Waals surface area (Å²) in [5.41, 5.74) is -0.621. The third-order valence-electron chi connectivity index (χ3n) is 3.70. The Morgan fingerprint density at radius 1 is 0.963 bits per heavy atom. The zero-order valence-corrected chi connectivity index (χ0v) is 14.4. The third-order valence-corrected chi connectivity index (χ3v) is 5.13. The van der Waals surface area contributed by atoms with E-state index in [0.29, 0.717) is 24.8 Å². The molecule has 1 N–H and O–H groups in total. The van der Waals surface area contributed by atoms with Crippen LogP contribution < -0.4 is 4.72 Å². The standard InChI is InChI=1S/C15H13N3O8S/c19-17(20)12-5-6-14(13(9-12)18(21)22)27(23,24)16-11-3-1-10(2-4-11)15-25-7-8-26-15/h1-6,9,15-16H,7-8H2. The number of benzene rings is 2. The fourth-order valence-corrected chi connectivity index (χ4v) is 3.67. The molecule has 0 saturated carbocycles. The number of hydrogen-bond donors (Lipinski definition) is 1. The molecule has 0 radical (unpaired) electrons. The Hall–Kier alpha value is -3.09. The second-order valence-corrected chi connectivity index (χ2v) is 7.12. The van der Waals surface area contributed by atoms with Gasteiger partial charge in [0.25, 0.3) is 21.4 Å². The molecular weight excluding hydrogens is 382 g/mol. The number of nitro groups is 2. The van der Waals surface area contributed by atoms with Crippen molar-refractivity contribution in [2.75, 3.05) is 17.9 Å². The molecule has 3 rings (SSSR count). The van der Waals surface area contributed by atoms with E-state index in [1.807, 2.05) is 0 Å². The van der Waals surface area contributed by atoms with E-state index in [-0.39, 0.29) is 5.69 Å². The van der Waals surface area contributed by atoms with Crippen molar-refractivity contribution in [2.45, 2.75) is 11.2 Å². The Bertz CT molecular complexity index is 985. The number of ether oxygens (including phenoxy) is 2. The zero-order valence-electron chi connectivity index (χ0n) is 13.6. The molecule has 0 spiro atoms. The first-order valence-corrected chi connectivity index (χ1v) is 9.05. The van der Waals surface area contributed by atoms with Crippen molar-refractivity contribution < 1.29 is 27.7 Å². The van der Waals surface area contributed by atoms with E-state index in [1.165, 1.54) is 12.1 Å². The number of anilines is 1. The van der Waals surface area contributed by atoms with Gasteiger partial charge < -0.3 is 9.47 Å². The van der Waals surface area contributed by atoms with Crippen LogP contribution in [0.15, 0.2) is 47.4 Å². The fourth-order valence-electron chi connectivity index (χ4n) is 2.46. The van der Waals surface area contributed by atoms with E-state index >= 15 is 0 Å². The van der Waals surface area contributed by atoms with Gasteiger partial charge in [0, 0.05) is 17.3 Å². The largest absolute Gasteiger partial charge is 0.346 e. The Morgan fingerprint density at radius 2 is 1.59 bits per heavy atom. The van der Waals surface area contributed by atoms with E-state index in [2.05, 4.69) is 4.72 Å². The van der Waals surface area contributed by atoms with Gasteiger partial charge in [0.05, 0.1) is 29.1 Å². The molecule has 142 valence electrons. The quantitative estimate of drug-likeness (QED) is 0.578. The van der Waals surface area contributed by atoms with Crippen molar-refractivity contribution in [3.05, 3.63) is 68.3 Å². The minimum atomic E-state index is -4.34. The van der Waals surface area contributed by atoms with Crippen LogP contribution in [0, 0.1) is 20.2 Å². The summed E-state index contributed by atoms with van der Waals surface area (Å²) in [5.74, 6) is 0. The smallest absolute Gasteiger partial charge is 0.296 e. The van der Waals surface area contributed by atoms with Crippen LogP contribution in [0.5, 0.6) is 0 Å². The first-order valence-electron chi connectivity index (χ1n) is 7.57. The molecule has 1 fully saturated rings. The normalized spacial score (nSPS) is 14.8. The second kappa shape index (κ2) is 7.26. The maximum Gasteiger partial charge on any atom is 0.296 e. The molecule has 1 aliphatic heterocycles. The van der Waals surface area contributed by atoms with Gasteiger partial charge in [-0.15, -0.1) is 0 Å². The van der Waals surface area contributed by atoms with E-state index < -0.39 is 42.4 Å². The lowest BCUT2D eigenvalue weighted by Crippen LogP contribution is -2.15. The fraction of sp³-hybridized carbons (Fsp3) is 0.200. The first-order chi connectivity index (χ1) is 12.8. The molecule has 0 amide bonds. The van der Waals surface area contributed by atoms with Gasteiger partial charge in [-0.05, 0) is 18.2 Å². The number of rotatable bonds is 6. The van der Waals surface area contributed by atoms with Crippen molar-refractivity contribution in [1.29, 1.82) is 0 Å². The lowest BCUT2D eigenvalue weighted by atomic mass is 10.2. The number of hydrogen-bond acceptors (Lipinski definition) is 8. The van der Waals surface area contributed by atoms with Gasteiger partial charge in [-0.25, -0.2) is 8.42 Å². The summed E-state index contributed by atoms with van der Waals surface area (Å²) in [7, 11) is -4.34. The Balaban J connectivity index is 1.88. The predicted octanol–water partition coefficient (Wildman–Crippen LogP) is 2.35. The number of nitro benzene ring substituents is 2. The van der Waals surface area contributed by atoms with Crippen LogP contribution in [0.4, 0.5) is 17.1 Å². The lowest BCUT2D eigenvalue weighted by Gasteiger charge is -2.11. The van der Waals surface area contributed by atoms with Crippen LogP contribution in [0.3, 0.4) is 0 Å². The third kappa shape index (κ3) is 4.02. The van der Waals surface area contributed by atoms with Crippen molar-refractivity contribution in [2.24, 2.45) is 0 Å². The molecule has 1 saturated heterocycles. The van der Waals surface area contributed by atoms with Gasteiger partial charge in [-0.3, -0.25) is 25.0 Å². The maximum absolute atomic E-state index is 12.5. The van der Waals surface area contributed by atoms with Gasteiger partial charge in [-0.2, -0.15) is 0 Å². The molecular formula is C15H13N3O8S. The van der Waals surface area contributed by atoms with Gasteiger partial charge >= 0.3 is 0 Å². The Morgan fingerprint density at radius 3 is 2.15 bits per heavy atom. The SMILES string of the molecule is O=[N+]([O-])c1ccc(S(=O)(=O)Nc2ccc(C3OCCO3)cc2)c([N+](=O)[O-])c1. The summed E-state index contributed by atoms with van der Waals surface area (Å²) < 4.78 is 37.9. The summed E-state index contributed by atoms with van der Waals surface area (Å²) in [6.07, 6.45) is -0.522. The Kier molecular flexibility index (Phi) is 5.03. The van der Waals surface area contributed by atoms with Crippen LogP contribution >= 0.6 is 0 Å². The number of non-ortho nitro benzene ring substituents is 1. The molecule has 2 aromatic carbocycles.